The predicted molar refractivity (Wildman–Crippen MR) is 89.7 cm³/mol. The number of benzene rings is 1. The van der Waals surface area contributed by atoms with E-state index < -0.39 is 5.91 Å². The fourth-order valence-electron chi connectivity index (χ4n) is 2.05. The van der Waals surface area contributed by atoms with Crippen molar-refractivity contribution in [2.45, 2.75) is 13.0 Å². The Morgan fingerprint density at radius 3 is 2.48 bits per heavy atom. The number of ether oxygens (including phenoxy) is 2. The maximum atomic E-state index is 12.3. The molecule has 0 spiro atoms. The summed E-state index contributed by atoms with van der Waals surface area (Å²) in [7, 11) is 3.12. The van der Waals surface area contributed by atoms with Gasteiger partial charge in [-0.2, -0.15) is 0 Å². The second-order valence-electron chi connectivity index (χ2n) is 4.77. The summed E-state index contributed by atoms with van der Waals surface area (Å²) in [5.41, 5.74) is 0.945. The van der Waals surface area contributed by atoms with Crippen molar-refractivity contribution in [3.8, 4) is 11.5 Å². The van der Waals surface area contributed by atoms with Gasteiger partial charge in [0.1, 0.15) is 10.8 Å². The lowest BCUT2D eigenvalue weighted by atomic mass is 10.1. The number of carbonyl (C=O) groups is 1. The molecule has 1 unspecified atom stereocenters. The third-order valence-corrected chi connectivity index (χ3v) is 3.80. The molecule has 2 aromatic rings. The van der Waals surface area contributed by atoms with Gasteiger partial charge in [0.05, 0.1) is 25.3 Å². The first-order valence-corrected chi connectivity index (χ1v) is 7.56. The molecule has 0 aliphatic rings. The molecule has 0 fully saturated rings. The van der Waals surface area contributed by atoms with Crippen molar-refractivity contribution in [2.24, 2.45) is 0 Å². The highest BCUT2D eigenvalue weighted by molar-refractivity contribution is 6.34. The van der Waals surface area contributed by atoms with Crippen LogP contribution in [0.4, 0.5) is 0 Å². The van der Waals surface area contributed by atoms with E-state index in [9.17, 15) is 4.79 Å². The lowest BCUT2D eigenvalue weighted by Crippen LogP contribution is -2.27. The van der Waals surface area contributed by atoms with E-state index in [1.807, 2.05) is 13.0 Å². The van der Waals surface area contributed by atoms with Crippen molar-refractivity contribution in [3.63, 3.8) is 0 Å². The van der Waals surface area contributed by atoms with Crippen molar-refractivity contribution < 1.29 is 14.3 Å². The summed E-state index contributed by atoms with van der Waals surface area (Å²) in [5.74, 6) is 0.805. The second kappa shape index (κ2) is 7.53. The van der Waals surface area contributed by atoms with Crippen molar-refractivity contribution in [2.75, 3.05) is 14.2 Å². The maximum absolute atomic E-state index is 12.3. The van der Waals surface area contributed by atoms with Gasteiger partial charge in [-0.3, -0.25) is 4.79 Å². The summed E-state index contributed by atoms with van der Waals surface area (Å²) in [6.45, 7) is 1.84. The Morgan fingerprint density at radius 1 is 1.13 bits per heavy atom. The third kappa shape index (κ3) is 4.06. The van der Waals surface area contributed by atoms with Crippen LogP contribution in [0.15, 0.2) is 30.3 Å². The van der Waals surface area contributed by atoms with Gasteiger partial charge in [0.15, 0.2) is 11.5 Å². The monoisotopic (exact) mass is 354 g/mol. The molecule has 0 saturated heterocycles. The van der Waals surface area contributed by atoms with Crippen LogP contribution in [0.2, 0.25) is 10.2 Å². The van der Waals surface area contributed by atoms with Gasteiger partial charge in [-0.05, 0) is 36.8 Å². The van der Waals surface area contributed by atoms with Gasteiger partial charge in [-0.1, -0.05) is 29.3 Å². The van der Waals surface area contributed by atoms with Gasteiger partial charge < -0.3 is 14.8 Å². The van der Waals surface area contributed by atoms with Crippen molar-refractivity contribution in [3.05, 3.63) is 51.8 Å². The average molecular weight is 355 g/mol. The van der Waals surface area contributed by atoms with Crippen LogP contribution < -0.4 is 14.8 Å². The number of hydrogen-bond acceptors (Lipinski definition) is 4. The zero-order valence-electron chi connectivity index (χ0n) is 12.9. The van der Waals surface area contributed by atoms with Crippen LogP contribution in [0.25, 0.3) is 0 Å². The van der Waals surface area contributed by atoms with Crippen molar-refractivity contribution in [1.29, 1.82) is 0 Å². The zero-order valence-corrected chi connectivity index (χ0v) is 14.4. The Balaban J connectivity index is 2.19. The first-order chi connectivity index (χ1) is 11.0. The minimum absolute atomic E-state index is 0.0893. The van der Waals surface area contributed by atoms with E-state index in [0.29, 0.717) is 11.5 Å². The Hall–Kier alpha value is -1.98. The molecule has 122 valence electrons. The molecule has 7 heteroatoms. The van der Waals surface area contributed by atoms with Crippen LogP contribution in [-0.4, -0.2) is 25.1 Å². The molecule has 1 aromatic carbocycles. The number of methoxy groups -OCH3 is 2. The fourth-order valence-corrected chi connectivity index (χ4v) is 2.39. The Bertz CT molecular complexity index is 722. The molecular weight excluding hydrogens is 339 g/mol. The molecule has 0 bridgehead atoms. The number of nitrogens with zero attached hydrogens (tertiary/aromatic N) is 1. The number of hydrogen-bond donors (Lipinski definition) is 1. The van der Waals surface area contributed by atoms with Gasteiger partial charge in [-0.25, -0.2) is 4.98 Å². The van der Waals surface area contributed by atoms with Crippen LogP contribution in [0.5, 0.6) is 11.5 Å². The van der Waals surface area contributed by atoms with E-state index in [2.05, 4.69) is 10.3 Å². The normalized spacial score (nSPS) is 11.7. The summed E-state index contributed by atoms with van der Waals surface area (Å²) in [6.07, 6.45) is 0. The van der Waals surface area contributed by atoms with Crippen molar-refractivity contribution in [1.82, 2.24) is 10.3 Å². The summed E-state index contributed by atoms with van der Waals surface area (Å²) < 4.78 is 10.5. The molecule has 5 nitrogen and oxygen atoms in total. The number of amides is 1. The smallest absolute Gasteiger partial charge is 0.271 e. The fraction of sp³-hybridized carbons (Fsp3) is 0.250. The summed E-state index contributed by atoms with van der Waals surface area (Å²) in [6, 6.07) is 8.21. The van der Waals surface area contributed by atoms with Gasteiger partial charge in [0.25, 0.3) is 5.91 Å². The minimum atomic E-state index is -0.403. The van der Waals surface area contributed by atoms with Gasteiger partial charge in [0.2, 0.25) is 0 Å². The van der Waals surface area contributed by atoms with Crippen LogP contribution in [0, 0.1) is 0 Å². The van der Waals surface area contributed by atoms with E-state index in [0.717, 1.165) is 5.56 Å². The lowest BCUT2D eigenvalue weighted by molar-refractivity contribution is 0.0935. The molecule has 0 aliphatic heterocycles. The highest BCUT2D eigenvalue weighted by Gasteiger charge is 2.17. The zero-order chi connectivity index (χ0) is 17.0. The van der Waals surface area contributed by atoms with Gasteiger partial charge >= 0.3 is 0 Å². The van der Waals surface area contributed by atoms with E-state index in [1.54, 1.807) is 26.4 Å². The average Bonchev–Trinajstić information content (AvgIpc) is 2.56. The van der Waals surface area contributed by atoms with E-state index in [4.69, 9.17) is 32.7 Å². The molecule has 2 rings (SSSR count). The molecule has 1 heterocycles. The van der Waals surface area contributed by atoms with Gasteiger partial charge in [-0.15, -0.1) is 0 Å². The number of rotatable bonds is 5. The molecule has 1 amide bonds. The molecule has 1 atom stereocenters. The van der Waals surface area contributed by atoms with E-state index in [1.165, 1.54) is 12.1 Å². The molecule has 0 aliphatic carbocycles. The number of halogens is 2. The quantitative estimate of drug-likeness (QED) is 0.827. The standard InChI is InChI=1S/C16H16Cl2N2O3/c1-9(10-4-6-12(22-2)13(8-10)23-3)19-16(21)15-11(17)5-7-14(18)20-15/h4-9H,1-3H3,(H,19,21). The Labute approximate surface area is 144 Å². The minimum Gasteiger partial charge on any atom is -0.493 e. The number of carbonyl (C=O) groups excluding carboxylic acids is 1. The first kappa shape index (κ1) is 17.4. The number of pyridine rings is 1. The lowest BCUT2D eigenvalue weighted by Gasteiger charge is -2.16. The SMILES string of the molecule is COc1ccc(C(C)NC(=O)c2nc(Cl)ccc2Cl)cc1OC. The van der Waals surface area contributed by atoms with Crippen molar-refractivity contribution >= 4 is 29.1 Å². The molecule has 0 radical (unpaired) electrons. The molecular formula is C16H16Cl2N2O3. The summed E-state index contributed by atoms with van der Waals surface area (Å²) in [4.78, 5) is 16.3. The predicted octanol–water partition coefficient (Wildman–Crippen LogP) is 3.90. The van der Waals surface area contributed by atoms with Crippen LogP contribution >= 0.6 is 23.2 Å². The summed E-state index contributed by atoms with van der Waals surface area (Å²) >= 11 is 11.8. The Morgan fingerprint density at radius 2 is 1.83 bits per heavy atom. The van der Waals surface area contributed by atoms with Gasteiger partial charge in [0, 0.05) is 0 Å². The number of nitrogens with one attached hydrogen (secondary N) is 1. The van der Waals surface area contributed by atoms with Crippen LogP contribution in [0.3, 0.4) is 0 Å². The van der Waals surface area contributed by atoms with Crippen LogP contribution in [0.1, 0.15) is 29.0 Å². The second-order valence-corrected chi connectivity index (χ2v) is 5.57. The third-order valence-electron chi connectivity index (χ3n) is 3.28. The first-order valence-electron chi connectivity index (χ1n) is 6.81. The molecule has 0 saturated carbocycles. The molecule has 23 heavy (non-hydrogen) atoms. The topological polar surface area (TPSA) is 60.5 Å². The van der Waals surface area contributed by atoms with E-state index in [-0.39, 0.29) is 21.9 Å². The summed E-state index contributed by atoms with van der Waals surface area (Å²) in [5, 5.41) is 3.28. The number of aromatic nitrogens is 1. The Kier molecular flexibility index (Phi) is 5.69. The molecule has 1 N–H and O–H groups in total. The highest BCUT2D eigenvalue weighted by atomic mass is 35.5. The highest BCUT2D eigenvalue weighted by Crippen LogP contribution is 2.30. The maximum Gasteiger partial charge on any atom is 0.271 e. The van der Waals surface area contributed by atoms with Crippen LogP contribution in [-0.2, 0) is 0 Å². The molecule has 1 aromatic heterocycles. The largest absolute Gasteiger partial charge is 0.493 e. The van der Waals surface area contributed by atoms with E-state index >= 15 is 0 Å².